The van der Waals surface area contributed by atoms with Crippen molar-refractivity contribution in [3.05, 3.63) is 53.7 Å². The van der Waals surface area contributed by atoms with Crippen molar-refractivity contribution in [2.75, 3.05) is 11.9 Å². The average Bonchev–Trinajstić information content (AvgIpc) is 2.40. The molecule has 0 fully saturated rings. The van der Waals surface area contributed by atoms with Crippen LogP contribution in [0, 0.1) is 6.92 Å². The van der Waals surface area contributed by atoms with Crippen molar-refractivity contribution in [2.45, 2.75) is 19.8 Å². The van der Waals surface area contributed by atoms with Crippen molar-refractivity contribution in [3.63, 3.8) is 0 Å². The van der Waals surface area contributed by atoms with Gasteiger partial charge in [-0.3, -0.25) is 0 Å². The first-order valence-corrected chi connectivity index (χ1v) is 6.27. The standard InChI is InChI=1S/C15H19N3/c1-12-5-4-10-17-15(12)18-14-8-2-6-13(11-14)7-3-9-16/h2,4-6,8,10-11H,3,7,9,16H2,1H3,(H,17,18). The Hall–Kier alpha value is -1.87. The van der Waals surface area contributed by atoms with Gasteiger partial charge in [-0.05, 0) is 55.6 Å². The maximum absolute atomic E-state index is 5.53. The molecular weight excluding hydrogens is 222 g/mol. The number of aryl methyl sites for hydroxylation is 2. The molecule has 3 heteroatoms. The fourth-order valence-electron chi connectivity index (χ4n) is 1.86. The third-order valence-electron chi connectivity index (χ3n) is 2.87. The first kappa shape index (κ1) is 12.6. The third-order valence-corrected chi connectivity index (χ3v) is 2.87. The van der Waals surface area contributed by atoms with E-state index < -0.39 is 0 Å². The van der Waals surface area contributed by atoms with Gasteiger partial charge in [0.25, 0.3) is 0 Å². The number of hydrogen-bond acceptors (Lipinski definition) is 3. The van der Waals surface area contributed by atoms with Crippen LogP contribution in [0.1, 0.15) is 17.5 Å². The Morgan fingerprint density at radius 3 is 2.89 bits per heavy atom. The van der Waals surface area contributed by atoms with Gasteiger partial charge in [0.15, 0.2) is 0 Å². The molecule has 2 rings (SSSR count). The Balaban J connectivity index is 2.12. The van der Waals surface area contributed by atoms with E-state index in [-0.39, 0.29) is 0 Å². The van der Waals surface area contributed by atoms with Gasteiger partial charge >= 0.3 is 0 Å². The quantitative estimate of drug-likeness (QED) is 0.846. The Bertz CT molecular complexity index is 509. The average molecular weight is 241 g/mol. The lowest BCUT2D eigenvalue weighted by Gasteiger charge is -2.09. The van der Waals surface area contributed by atoms with Crippen molar-refractivity contribution in [3.8, 4) is 0 Å². The predicted molar refractivity (Wildman–Crippen MR) is 76.1 cm³/mol. The van der Waals surface area contributed by atoms with Gasteiger partial charge in [-0.25, -0.2) is 4.98 Å². The molecule has 0 radical (unpaired) electrons. The van der Waals surface area contributed by atoms with Gasteiger partial charge < -0.3 is 11.1 Å². The number of anilines is 2. The molecule has 0 aliphatic rings. The summed E-state index contributed by atoms with van der Waals surface area (Å²) in [5, 5.41) is 3.35. The lowest BCUT2D eigenvalue weighted by Crippen LogP contribution is -2.01. The van der Waals surface area contributed by atoms with Crippen LogP contribution in [-0.4, -0.2) is 11.5 Å². The molecule has 1 aromatic heterocycles. The van der Waals surface area contributed by atoms with E-state index >= 15 is 0 Å². The van der Waals surface area contributed by atoms with Crippen LogP contribution < -0.4 is 11.1 Å². The van der Waals surface area contributed by atoms with Crippen LogP contribution in [0.15, 0.2) is 42.6 Å². The summed E-state index contributed by atoms with van der Waals surface area (Å²) in [7, 11) is 0. The van der Waals surface area contributed by atoms with E-state index in [0.29, 0.717) is 0 Å². The lowest BCUT2D eigenvalue weighted by atomic mass is 10.1. The van der Waals surface area contributed by atoms with Crippen molar-refractivity contribution < 1.29 is 0 Å². The fraction of sp³-hybridized carbons (Fsp3) is 0.267. The largest absolute Gasteiger partial charge is 0.340 e. The third kappa shape index (κ3) is 3.31. The maximum atomic E-state index is 5.53. The van der Waals surface area contributed by atoms with Gasteiger partial charge in [-0.15, -0.1) is 0 Å². The molecule has 1 heterocycles. The smallest absolute Gasteiger partial charge is 0.133 e. The summed E-state index contributed by atoms with van der Waals surface area (Å²) >= 11 is 0. The topological polar surface area (TPSA) is 50.9 Å². The maximum Gasteiger partial charge on any atom is 0.133 e. The molecular formula is C15H19N3. The molecule has 0 atom stereocenters. The summed E-state index contributed by atoms with van der Waals surface area (Å²) in [4.78, 5) is 4.33. The number of hydrogen-bond donors (Lipinski definition) is 2. The summed E-state index contributed by atoms with van der Waals surface area (Å²) in [6, 6.07) is 12.4. The minimum absolute atomic E-state index is 0.733. The van der Waals surface area contributed by atoms with Crippen LogP contribution in [0.3, 0.4) is 0 Å². The first-order valence-electron chi connectivity index (χ1n) is 6.27. The molecule has 2 aromatic rings. The monoisotopic (exact) mass is 241 g/mol. The molecule has 18 heavy (non-hydrogen) atoms. The summed E-state index contributed by atoms with van der Waals surface area (Å²) in [6.45, 7) is 2.78. The molecule has 0 saturated carbocycles. The number of benzene rings is 1. The van der Waals surface area contributed by atoms with E-state index in [4.69, 9.17) is 5.73 Å². The van der Waals surface area contributed by atoms with Gasteiger partial charge in [-0.2, -0.15) is 0 Å². The minimum Gasteiger partial charge on any atom is -0.340 e. The summed E-state index contributed by atoms with van der Waals surface area (Å²) in [5.41, 5.74) is 9.06. The molecule has 0 bridgehead atoms. The summed E-state index contributed by atoms with van der Waals surface area (Å²) in [5.74, 6) is 0.911. The van der Waals surface area contributed by atoms with Crippen LogP contribution in [0.2, 0.25) is 0 Å². The second-order valence-corrected chi connectivity index (χ2v) is 4.39. The zero-order valence-electron chi connectivity index (χ0n) is 10.7. The van der Waals surface area contributed by atoms with Crippen molar-refractivity contribution in [2.24, 2.45) is 5.73 Å². The van der Waals surface area contributed by atoms with Crippen molar-refractivity contribution in [1.82, 2.24) is 4.98 Å². The second kappa shape index (κ2) is 6.17. The number of aromatic nitrogens is 1. The van der Waals surface area contributed by atoms with Gasteiger partial charge in [-0.1, -0.05) is 18.2 Å². The number of nitrogens with zero attached hydrogens (tertiary/aromatic N) is 1. The van der Waals surface area contributed by atoms with Crippen LogP contribution in [0.4, 0.5) is 11.5 Å². The zero-order valence-corrected chi connectivity index (χ0v) is 10.7. The Kier molecular flexibility index (Phi) is 4.31. The Labute approximate surface area is 108 Å². The highest BCUT2D eigenvalue weighted by molar-refractivity contribution is 5.59. The highest BCUT2D eigenvalue weighted by atomic mass is 15.0. The molecule has 0 unspecified atom stereocenters. The number of rotatable bonds is 5. The molecule has 0 aliphatic carbocycles. The summed E-state index contributed by atoms with van der Waals surface area (Å²) < 4.78 is 0. The molecule has 0 saturated heterocycles. The Morgan fingerprint density at radius 2 is 2.11 bits per heavy atom. The van der Waals surface area contributed by atoms with Crippen molar-refractivity contribution in [1.29, 1.82) is 0 Å². The van der Waals surface area contributed by atoms with Crippen molar-refractivity contribution >= 4 is 11.5 Å². The van der Waals surface area contributed by atoms with E-state index in [1.165, 1.54) is 5.56 Å². The molecule has 1 aromatic carbocycles. The number of pyridine rings is 1. The highest BCUT2D eigenvalue weighted by Gasteiger charge is 2.00. The van der Waals surface area contributed by atoms with Crippen LogP contribution >= 0.6 is 0 Å². The molecule has 0 aliphatic heterocycles. The molecule has 94 valence electrons. The highest BCUT2D eigenvalue weighted by Crippen LogP contribution is 2.19. The SMILES string of the molecule is Cc1cccnc1Nc1cccc(CCCN)c1. The zero-order chi connectivity index (χ0) is 12.8. The molecule has 3 N–H and O–H groups in total. The van der Waals surface area contributed by atoms with Gasteiger partial charge in [0.2, 0.25) is 0 Å². The van der Waals surface area contributed by atoms with E-state index in [1.807, 2.05) is 19.1 Å². The van der Waals surface area contributed by atoms with Gasteiger partial charge in [0.1, 0.15) is 5.82 Å². The number of nitrogens with one attached hydrogen (secondary N) is 1. The second-order valence-electron chi connectivity index (χ2n) is 4.39. The molecule has 0 amide bonds. The van der Waals surface area contributed by atoms with E-state index in [2.05, 4.69) is 34.6 Å². The lowest BCUT2D eigenvalue weighted by molar-refractivity contribution is 0.833. The van der Waals surface area contributed by atoms with E-state index in [9.17, 15) is 0 Å². The summed E-state index contributed by atoms with van der Waals surface area (Å²) in [6.07, 6.45) is 3.84. The van der Waals surface area contributed by atoms with Crippen LogP contribution in [0.25, 0.3) is 0 Å². The van der Waals surface area contributed by atoms with Gasteiger partial charge in [0.05, 0.1) is 0 Å². The predicted octanol–water partition coefficient (Wildman–Crippen LogP) is 3.02. The van der Waals surface area contributed by atoms with E-state index in [1.54, 1.807) is 6.20 Å². The number of nitrogens with two attached hydrogens (primary N) is 1. The molecule has 3 nitrogen and oxygen atoms in total. The van der Waals surface area contributed by atoms with Gasteiger partial charge in [0, 0.05) is 11.9 Å². The van der Waals surface area contributed by atoms with Crippen LogP contribution in [-0.2, 0) is 6.42 Å². The fourth-order valence-corrected chi connectivity index (χ4v) is 1.86. The normalized spacial score (nSPS) is 10.3. The van der Waals surface area contributed by atoms with E-state index in [0.717, 1.165) is 36.5 Å². The molecule has 0 spiro atoms. The first-order chi connectivity index (χ1) is 8.79. The minimum atomic E-state index is 0.733. The Morgan fingerprint density at radius 1 is 1.22 bits per heavy atom. The van der Waals surface area contributed by atoms with Crippen LogP contribution in [0.5, 0.6) is 0 Å².